The second-order valence-electron chi connectivity index (χ2n) is 8.14. The lowest BCUT2D eigenvalue weighted by Crippen LogP contribution is -2.32. The van der Waals surface area contributed by atoms with Crippen molar-refractivity contribution in [1.82, 2.24) is 4.90 Å². The van der Waals surface area contributed by atoms with Crippen LogP contribution in [-0.2, 0) is 20.9 Å². The summed E-state index contributed by atoms with van der Waals surface area (Å²) in [5.74, 6) is -0.925. The molecule has 1 aliphatic rings. The molecule has 0 bridgehead atoms. The molecule has 0 spiro atoms. The summed E-state index contributed by atoms with van der Waals surface area (Å²) >= 11 is 0. The van der Waals surface area contributed by atoms with Crippen LogP contribution in [0.4, 0.5) is 0 Å². The van der Waals surface area contributed by atoms with Crippen molar-refractivity contribution in [2.24, 2.45) is 0 Å². The van der Waals surface area contributed by atoms with E-state index in [1.165, 1.54) is 12.0 Å². The zero-order chi connectivity index (χ0) is 24.1. The van der Waals surface area contributed by atoms with E-state index in [2.05, 4.69) is 0 Å². The van der Waals surface area contributed by atoms with E-state index in [4.69, 9.17) is 9.47 Å². The standard InChI is InChI=1S/C28H27NO5/c1-19-8-6-7-11-22(19)18-34-23-14-12-21(13-15-23)26(30)24-25(20-9-4-3-5-10-20)29(16-17-33-2)28(32)27(24)31/h3-15,25,30H,16-18H2,1-2H3/b26-24+. The zero-order valence-corrected chi connectivity index (χ0v) is 19.2. The van der Waals surface area contributed by atoms with Crippen LogP contribution >= 0.6 is 0 Å². The Balaban J connectivity index is 1.63. The summed E-state index contributed by atoms with van der Waals surface area (Å²) in [5.41, 5.74) is 3.50. The number of aliphatic hydroxyl groups is 1. The summed E-state index contributed by atoms with van der Waals surface area (Å²) in [6.07, 6.45) is 0. The summed E-state index contributed by atoms with van der Waals surface area (Å²) in [7, 11) is 1.54. The van der Waals surface area contributed by atoms with E-state index in [1.807, 2.05) is 61.5 Å². The van der Waals surface area contributed by atoms with Crippen LogP contribution < -0.4 is 4.74 Å². The third kappa shape index (κ3) is 4.72. The van der Waals surface area contributed by atoms with E-state index in [0.29, 0.717) is 17.9 Å². The number of amides is 1. The summed E-state index contributed by atoms with van der Waals surface area (Å²) in [5, 5.41) is 11.1. The average Bonchev–Trinajstić information content (AvgIpc) is 3.12. The Hall–Kier alpha value is -3.90. The van der Waals surface area contributed by atoms with E-state index >= 15 is 0 Å². The van der Waals surface area contributed by atoms with Gasteiger partial charge in [-0.05, 0) is 47.9 Å². The normalized spacial score (nSPS) is 17.2. The van der Waals surface area contributed by atoms with Gasteiger partial charge in [-0.25, -0.2) is 0 Å². The largest absolute Gasteiger partial charge is 0.507 e. The quantitative estimate of drug-likeness (QED) is 0.303. The molecule has 1 N–H and O–H groups in total. The molecule has 1 aliphatic heterocycles. The Morgan fingerprint density at radius 2 is 1.62 bits per heavy atom. The van der Waals surface area contributed by atoms with Gasteiger partial charge in [0.2, 0.25) is 0 Å². The number of aryl methyl sites for hydroxylation is 1. The van der Waals surface area contributed by atoms with Gasteiger partial charge in [0.15, 0.2) is 0 Å². The van der Waals surface area contributed by atoms with E-state index in [9.17, 15) is 14.7 Å². The monoisotopic (exact) mass is 457 g/mol. The van der Waals surface area contributed by atoms with Gasteiger partial charge >= 0.3 is 0 Å². The number of ketones is 1. The van der Waals surface area contributed by atoms with Crippen molar-refractivity contribution in [2.45, 2.75) is 19.6 Å². The molecule has 1 unspecified atom stereocenters. The fourth-order valence-electron chi connectivity index (χ4n) is 4.08. The topological polar surface area (TPSA) is 76.1 Å². The number of hydrogen-bond donors (Lipinski definition) is 1. The Morgan fingerprint density at radius 1 is 0.941 bits per heavy atom. The van der Waals surface area contributed by atoms with Crippen molar-refractivity contribution in [1.29, 1.82) is 0 Å². The molecular weight excluding hydrogens is 430 g/mol. The van der Waals surface area contributed by atoms with Gasteiger partial charge in [0.25, 0.3) is 11.7 Å². The highest BCUT2D eigenvalue weighted by Gasteiger charge is 2.45. The van der Waals surface area contributed by atoms with Crippen molar-refractivity contribution in [3.05, 3.63) is 107 Å². The molecule has 174 valence electrons. The molecular formula is C28H27NO5. The van der Waals surface area contributed by atoms with Crippen molar-refractivity contribution in [3.8, 4) is 5.75 Å². The molecule has 0 radical (unpaired) electrons. The first-order valence-corrected chi connectivity index (χ1v) is 11.1. The fourth-order valence-corrected chi connectivity index (χ4v) is 4.08. The van der Waals surface area contributed by atoms with Crippen LogP contribution in [0.3, 0.4) is 0 Å². The van der Waals surface area contributed by atoms with Crippen LogP contribution in [0.15, 0.2) is 84.4 Å². The van der Waals surface area contributed by atoms with Crippen LogP contribution in [0.1, 0.15) is 28.3 Å². The smallest absolute Gasteiger partial charge is 0.295 e. The third-order valence-electron chi connectivity index (χ3n) is 5.97. The number of benzene rings is 3. The number of rotatable bonds is 8. The predicted octanol–water partition coefficient (Wildman–Crippen LogP) is 4.64. The predicted molar refractivity (Wildman–Crippen MR) is 129 cm³/mol. The average molecular weight is 458 g/mol. The maximum Gasteiger partial charge on any atom is 0.295 e. The lowest BCUT2D eigenvalue weighted by atomic mass is 9.95. The van der Waals surface area contributed by atoms with Crippen LogP contribution in [0.5, 0.6) is 5.75 Å². The maximum atomic E-state index is 13.0. The van der Waals surface area contributed by atoms with Gasteiger partial charge in [0.05, 0.1) is 18.2 Å². The molecule has 1 saturated heterocycles. The molecule has 3 aromatic carbocycles. The molecule has 4 rings (SSSR count). The number of hydrogen-bond acceptors (Lipinski definition) is 5. The molecule has 1 heterocycles. The fraction of sp³-hybridized carbons (Fsp3) is 0.214. The molecule has 1 atom stereocenters. The lowest BCUT2D eigenvalue weighted by molar-refractivity contribution is -0.140. The minimum Gasteiger partial charge on any atom is -0.507 e. The molecule has 34 heavy (non-hydrogen) atoms. The number of nitrogens with zero attached hydrogens (tertiary/aromatic N) is 1. The maximum absolute atomic E-state index is 13.0. The third-order valence-corrected chi connectivity index (χ3v) is 5.97. The molecule has 6 heteroatoms. The number of ether oxygens (including phenoxy) is 2. The van der Waals surface area contributed by atoms with E-state index in [0.717, 1.165) is 16.7 Å². The van der Waals surface area contributed by atoms with Gasteiger partial charge in [-0.1, -0.05) is 54.6 Å². The number of carbonyl (C=O) groups excluding carboxylic acids is 2. The SMILES string of the molecule is COCCN1C(=O)C(=O)/C(=C(/O)c2ccc(OCc3ccccc3C)cc2)C1c1ccccc1. The number of aliphatic hydroxyl groups excluding tert-OH is 1. The van der Waals surface area contributed by atoms with E-state index in [1.54, 1.807) is 24.3 Å². The van der Waals surface area contributed by atoms with Gasteiger partial charge in [-0.3, -0.25) is 9.59 Å². The highest BCUT2D eigenvalue weighted by atomic mass is 16.5. The Morgan fingerprint density at radius 3 is 2.29 bits per heavy atom. The molecule has 0 aromatic heterocycles. The minimum atomic E-state index is -0.706. The highest BCUT2D eigenvalue weighted by Crippen LogP contribution is 2.39. The Labute approximate surface area is 199 Å². The summed E-state index contributed by atoms with van der Waals surface area (Å²) in [6, 6.07) is 23.4. The number of carbonyl (C=O) groups is 2. The first-order chi connectivity index (χ1) is 16.5. The summed E-state index contributed by atoms with van der Waals surface area (Å²) < 4.78 is 11.0. The van der Waals surface area contributed by atoms with Gasteiger partial charge < -0.3 is 19.5 Å². The number of Topliss-reactive ketones (excluding diaryl/α,β-unsaturated/α-hetero) is 1. The highest BCUT2D eigenvalue weighted by molar-refractivity contribution is 6.46. The van der Waals surface area contributed by atoms with Gasteiger partial charge in [-0.2, -0.15) is 0 Å². The van der Waals surface area contributed by atoms with Crippen LogP contribution in [-0.4, -0.2) is 42.0 Å². The molecule has 1 fully saturated rings. The minimum absolute atomic E-state index is 0.0703. The van der Waals surface area contributed by atoms with E-state index < -0.39 is 17.7 Å². The van der Waals surface area contributed by atoms with Crippen molar-refractivity contribution >= 4 is 17.4 Å². The number of likely N-dealkylation sites (tertiary alicyclic amines) is 1. The summed E-state index contributed by atoms with van der Waals surface area (Å²) in [6.45, 7) is 2.98. The first-order valence-electron chi connectivity index (χ1n) is 11.1. The van der Waals surface area contributed by atoms with Crippen LogP contribution in [0.25, 0.3) is 5.76 Å². The van der Waals surface area contributed by atoms with Crippen molar-refractivity contribution in [3.63, 3.8) is 0 Å². The van der Waals surface area contributed by atoms with Crippen LogP contribution in [0, 0.1) is 6.92 Å². The Bertz CT molecular complexity index is 1200. The van der Waals surface area contributed by atoms with Crippen molar-refractivity contribution in [2.75, 3.05) is 20.3 Å². The first kappa shape index (κ1) is 23.3. The molecule has 0 saturated carbocycles. The summed E-state index contributed by atoms with van der Waals surface area (Å²) in [4.78, 5) is 27.2. The van der Waals surface area contributed by atoms with Crippen LogP contribution in [0.2, 0.25) is 0 Å². The molecule has 1 amide bonds. The number of methoxy groups -OCH3 is 1. The Kier molecular flexibility index (Phi) is 7.09. The van der Waals surface area contributed by atoms with Gasteiger partial charge in [0, 0.05) is 19.2 Å². The zero-order valence-electron chi connectivity index (χ0n) is 19.2. The van der Waals surface area contributed by atoms with Gasteiger partial charge in [0.1, 0.15) is 18.1 Å². The van der Waals surface area contributed by atoms with E-state index in [-0.39, 0.29) is 24.5 Å². The molecule has 0 aliphatic carbocycles. The van der Waals surface area contributed by atoms with Gasteiger partial charge in [-0.15, -0.1) is 0 Å². The second-order valence-corrected chi connectivity index (χ2v) is 8.14. The second kappa shape index (κ2) is 10.4. The molecule has 3 aromatic rings. The lowest BCUT2D eigenvalue weighted by Gasteiger charge is -2.25. The molecule has 6 nitrogen and oxygen atoms in total. The van der Waals surface area contributed by atoms with Crippen molar-refractivity contribution < 1.29 is 24.2 Å².